The Hall–Kier alpha value is -2.53. The Morgan fingerprint density at radius 1 is 1.09 bits per heavy atom. The van der Waals surface area contributed by atoms with Crippen molar-refractivity contribution in [2.24, 2.45) is 0 Å². The average Bonchev–Trinajstić information content (AvgIpc) is 2.75. The molecule has 0 aliphatic carbocycles. The molecule has 2 aromatic rings. The molecule has 0 bridgehead atoms. The van der Waals surface area contributed by atoms with Crippen molar-refractivity contribution in [2.75, 3.05) is 6.61 Å². The van der Waals surface area contributed by atoms with Crippen LogP contribution in [0.15, 0.2) is 36.4 Å². The summed E-state index contributed by atoms with van der Waals surface area (Å²) in [7, 11) is 0. The fraction of sp³-hybridized carbons (Fsp3) is 0.462. The smallest absolute Gasteiger partial charge is 0.261 e. The SMILES string of the molecule is CC[C@@H](C)NC(=O)[C@@H](CC)N(Cc1ccccc1Cl)C(=O)COc1cc(C)cc(C)c1C. The van der Waals surface area contributed by atoms with Crippen LogP contribution in [0, 0.1) is 20.8 Å². The fourth-order valence-corrected chi connectivity index (χ4v) is 3.74. The molecule has 174 valence electrons. The highest BCUT2D eigenvalue weighted by molar-refractivity contribution is 6.31. The highest BCUT2D eigenvalue weighted by atomic mass is 35.5. The lowest BCUT2D eigenvalue weighted by atomic mass is 10.1. The summed E-state index contributed by atoms with van der Waals surface area (Å²) in [6.07, 6.45) is 1.30. The van der Waals surface area contributed by atoms with Crippen LogP contribution >= 0.6 is 11.6 Å². The zero-order valence-electron chi connectivity index (χ0n) is 20.0. The Morgan fingerprint density at radius 2 is 1.78 bits per heavy atom. The predicted octanol–water partition coefficient (Wildman–Crippen LogP) is 5.37. The van der Waals surface area contributed by atoms with Gasteiger partial charge in [0.15, 0.2) is 6.61 Å². The molecule has 2 amide bonds. The van der Waals surface area contributed by atoms with Crippen LogP contribution in [0.2, 0.25) is 5.02 Å². The van der Waals surface area contributed by atoms with Gasteiger partial charge >= 0.3 is 0 Å². The lowest BCUT2D eigenvalue weighted by Gasteiger charge is -2.31. The van der Waals surface area contributed by atoms with Gasteiger partial charge in [-0.1, -0.05) is 49.7 Å². The molecular weight excluding hydrogens is 424 g/mol. The monoisotopic (exact) mass is 458 g/mol. The van der Waals surface area contributed by atoms with Crippen LogP contribution in [0.1, 0.15) is 55.9 Å². The maximum atomic E-state index is 13.4. The molecule has 0 unspecified atom stereocenters. The number of carbonyl (C=O) groups is 2. The van der Waals surface area contributed by atoms with Crippen molar-refractivity contribution in [2.45, 2.75) is 73.0 Å². The van der Waals surface area contributed by atoms with E-state index in [4.69, 9.17) is 16.3 Å². The van der Waals surface area contributed by atoms with Crippen LogP contribution in [0.5, 0.6) is 5.75 Å². The van der Waals surface area contributed by atoms with E-state index in [9.17, 15) is 9.59 Å². The minimum atomic E-state index is -0.614. The van der Waals surface area contributed by atoms with Crippen LogP contribution in [0.4, 0.5) is 0 Å². The van der Waals surface area contributed by atoms with Gasteiger partial charge in [-0.05, 0) is 74.9 Å². The maximum Gasteiger partial charge on any atom is 0.261 e. The van der Waals surface area contributed by atoms with Gasteiger partial charge in [-0.25, -0.2) is 0 Å². The summed E-state index contributed by atoms with van der Waals surface area (Å²) in [6.45, 7) is 12.0. The first-order valence-corrected chi connectivity index (χ1v) is 11.6. The molecule has 1 N–H and O–H groups in total. The Balaban J connectivity index is 2.29. The number of rotatable bonds is 10. The number of hydrogen-bond donors (Lipinski definition) is 1. The third-order valence-electron chi connectivity index (χ3n) is 5.80. The minimum absolute atomic E-state index is 0.0305. The number of ether oxygens (including phenoxy) is 1. The predicted molar refractivity (Wildman–Crippen MR) is 130 cm³/mol. The molecule has 0 radical (unpaired) electrons. The Kier molecular flexibility index (Phi) is 9.58. The van der Waals surface area contributed by atoms with E-state index < -0.39 is 6.04 Å². The Labute approximate surface area is 197 Å². The van der Waals surface area contributed by atoms with E-state index in [1.54, 1.807) is 11.0 Å². The largest absolute Gasteiger partial charge is 0.483 e. The van der Waals surface area contributed by atoms with Crippen molar-refractivity contribution in [3.8, 4) is 5.75 Å². The molecule has 0 spiro atoms. The van der Waals surface area contributed by atoms with Gasteiger partial charge in [0.1, 0.15) is 11.8 Å². The molecular formula is C26H35ClN2O3. The first-order chi connectivity index (χ1) is 15.2. The zero-order valence-corrected chi connectivity index (χ0v) is 20.8. The summed E-state index contributed by atoms with van der Waals surface area (Å²) in [6, 6.07) is 10.8. The van der Waals surface area contributed by atoms with Gasteiger partial charge in [0.25, 0.3) is 5.91 Å². The summed E-state index contributed by atoms with van der Waals surface area (Å²) in [4.78, 5) is 27.9. The first kappa shape index (κ1) is 25.7. The Morgan fingerprint density at radius 3 is 2.41 bits per heavy atom. The van der Waals surface area contributed by atoms with Gasteiger partial charge in [-0.3, -0.25) is 9.59 Å². The van der Waals surface area contributed by atoms with Crippen LogP contribution in [0.3, 0.4) is 0 Å². The van der Waals surface area contributed by atoms with Gasteiger partial charge in [0, 0.05) is 17.6 Å². The molecule has 0 saturated heterocycles. The number of aryl methyl sites for hydroxylation is 2. The number of carbonyl (C=O) groups excluding carboxylic acids is 2. The Bertz CT molecular complexity index is 945. The van der Waals surface area contributed by atoms with Gasteiger partial charge in [-0.15, -0.1) is 0 Å². The van der Waals surface area contributed by atoms with E-state index in [-0.39, 0.29) is 31.0 Å². The molecule has 0 aliphatic heterocycles. The minimum Gasteiger partial charge on any atom is -0.483 e. The fourth-order valence-electron chi connectivity index (χ4n) is 3.54. The van der Waals surface area contributed by atoms with Crippen molar-refractivity contribution in [1.82, 2.24) is 10.2 Å². The summed E-state index contributed by atoms with van der Waals surface area (Å²) in [5, 5.41) is 3.57. The quantitative estimate of drug-likeness (QED) is 0.521. The lowest BCUT2D eigenvalue weighted by Crippen LogP contribution is -2.51. The van der Waals surface area contributed by atoms with Gasteiger partial charge in [0.05, 0.1) is 0 Å². The third kappa shape index (κ3) is 6.73. The van der Waals surface area contributed by atoms with Crippen LogP contribution < -0.4 is 10.1 Å². The van der Waals surface area contributed by atoms with Crippen molar-refractivity contribution in [3.63, 3.8) is 0 Å². The van der Waals surface area contributed by atoms with Gasteiger partial charge in [0.2, 0.25) is 5.91 Å². The second-order valence-corrected chi connectivity index (χ2v) is 8.76. The second kappa shape index (κ2) is 11.9. The number of benzene rings is 2. The molecule has 0 aromatic heterocycles. The number of nitrogens with one attached hydrogen (secondary N) is 1. The van der Waals surface area contributed by atoms with E-state index >= 15 is 0 Å². The average molecular weight is 459 g/mol. The maximum absolute atomic E-state index is 13.4. The normalized spacial score (nSPS) is 12.7. The molecule has 6 heteroatoms. The van der Waals surface area contributed by atoms with Crippen LogP contribution in [-0.4, -0.2) is 35.4 Å². The molecule has 5 nitrogen and oxygen atoms in total. The molecule has 32 heavy (non-hydrogen) atoms. The number of nitrogens with zero attached hydrogens (tertiary/aromatic N) is 1. The molecule has 0 fully saturated rings. The summed E-state index contributed by atoms with van der Waals surface area (Å²) in [5.74, 6) is 0.269. The highest BCUT2D eigenvalue weighted by Gasteiger charge is 2.30. The zero-order chi connectivity index (χ0) is 23.8. The summed E-state index contributed by atoms with van der Waals surface area (Å²) < 4.78 is 5.93. The van der Waals surface area contributed by atoms with E-state index in [0.717, 1.165) is 28.7 Å². The summed E-state index contributed by atoms with van der Waals surface area (Å²) in [5.41, 5.74) is 3.98. The van der Waals surface area contributed by atoms with Crippen LogP contribution in [0.25, 0.3) is 0 Å². The molecule has 0 aliphatic rings. The van der Waals surface area contributed by atoms with Crippen molar-refractivity contribution in [3.05, 3.63) is 63.7 Å². The lowest BCUT2D eigenvalue weighted by molar-refractivity contribution is -0.143. The molecule has 0 saturated carbocycles. The van der Waals surface area contributed by atoms with Crippen LogP contribution in [-0.2, 0) is 16.1 Å². The molecule has 2 aromatic carbocycles. The third-order valence-corrected chi connectivity index (χ3v) is 6.17. The highest BCUT2D eigenvalue weighted by Crippen LogP contribution is 2.24. The molecule has 2 rings (SSSR count). The van der Waals surface area contributed by atoms with E-state index in [1.807, 2.05) is 65.8 Å². The standard InChI is InChI=1S/C26H35ClN2O3/c1-7-19(5)28-26(31)23(8-2)29(15-21-11-9-10-12-22(21)27)25(30)16-32-24-14-17(3)13-18(4)20(24)6/h9-14,19,23H,7-8,15-16H2,1-6H3,(H,28,31)/t19-,23-/m1/s1. The van der Waals surface area contributed by atoms with Gasteiger partial charge < -0.3 is 15.0 Å². The molecule has 2 atom stereocenters. The van der Waals surface area contributed by atoms with Crippen molar-refractivity contribution < 1.29 is 14.3 Å². The second-order valence-electron chi connectivity index (χ2n) is 8.35. The van der Waals surface area contributed by atoms with E-state index in [2.05, 4.69) is 11.4 Å². The van der Waals surface area contributed by atoms with Crippen molar-refractivity contribution >= 4 is 23.4 Å². The first-order valence-electron chi connectivity index (χ1n) is 11.2. The van der Waals surface area contributed by atoms with Gasteiger partial charge in [-0.2, -0.15) is 0 Å². The van der Waals surface area contributed by atoms with E-state index in [0.29, 0.717) is 17.2 Å². The summed E-state index contributed by atoms with van der Waals surface area (Å²) >= 11 is 6.37. The van der Waals surface area contributed by atoms with Crippen molar-refractivity contribution in [1.29, 1.82) is 0 Å². The molecule has 0 heterocycles. The number of halogens is 1. The number of hydrogen-bond acceptors (Lipinski definition) is 3. The number of amides is 2. The van der Waals surface area contributed by atoms with E-state index in [1.165, 1.54) is 0 Å². The topological polar surface area (TPSA) is 58.6 Å².